The number of nitrogens with zero attached hydrogens (tertiary/aromatic N) is 1. The van der Waals surface area contributed by atoms with E-state index < -0.39 is 5.97 Å². The Morgan fingerprint density at radius 3 is 2.93 bits per heavy atom. The SMILES string of the molecule is CCOCC(C)N1CCC(C(=O)O)C1. The fourth-order valence-corrected chi connectivity index (χ4v) is 1.78. The van der Waals surface area contributed by atoms with Crippen molar-refractivity contribution in [3.05, 3.63) is 0 Å². The first kappa shape index (κ1) is 11.5. The molecule has 1 heterocycles. The zero-order valence-corrected chi connectivity index (χ0v) is 8.90. The van der Waals surface area contributed by atoms with Crippen LogP contribution in [-0.4, -0.2) is 48.3 Å². The Balaban J connectivity index is 2.30. The second-order valence-corrected chi connectivity index (χ2v) is 3.83. The van der Waals surface area contributed by atoms with Gasteiger partial charge in [-0.1, -0.05) is 0 Å². The molecule has 0 aliphatic carbocycles. The summed E-state index contributed by atoms with van der Waals surface area (Å²) in [5.41, 5.74) is 0. The fourth-order valence-electron chi connectivity index (χ4n) is 1.78. The summed E-state index contributed by atoms with van der Waals surface area (Å²) < 4.78 is 5.31. The molecule has 1 rings (SSSR count). The van der Waals surface area contributed by atoms with Gasteiger partial charge >= 0.3 is 5.97 Å². The molecule has 1 aliphatic heterocycles. The minimum Gasteiger partial charge on any atom is -0.481 e. The predicted octanol–water partition coefficient (Wildman–Crippen LogP) is 0.818. The summed E-state index contributed by atoms with van der Waals surface area (Å²) >= 11 is 0. The smallest absolute Gasteiger partial charge is 0.307 e. The Hall–Kier alpha value is -0.610. The van der Waals surface area contributed by atoms with Gasteiger partial charge in [-0.05, 0) is 26.8 Å². The molecular weight excluding hydrogens is 182 g/mol. The quantitative estimate of drug-likeness (QED) is 0.715. The normalized spacial score (nSPS) is 25.1. The van der Waals surface area contributed by atoms with Crippen LogP contribution in [0.4, 0.5) is 0 Å². The van der Waals surface area contributed by atoms with Crippen LogP contribution in [0.2, 0.25) is 0 Å². The lowest BCUT2D eigenvalue weighted by Gasteiger charge is -2.23. The molecule has 0 bridgehead atoms. The summed E-state index contributed by atoms with van der Waals surface area (Å²) in [6.45, 7) is 7.02. The van der Waals surface area contributed by atoms with Gasteiger partial charge in [0.05, 0.1) is 12.5 Å². The maximum Gasteiger partial charge on any atom is 0.307 e. The largest absolute Gasteiger partial charge is 0.481 e. The van der Waals surface area contributed by atoms with Crippen LogP contribution in [0, 0.1) is 5.92 Å². The van der Waals surface area contributed by atoms with Gasteiger partial charge in [0.25, 0.3) is 0 Å². The minimum absolute atomic E-state index is 0.181. The molecule has 1 fully saturated rings. The molecule has 1 N–H and O–H groups in total. The highest BCUT2D eigenvalue weighted by Crippen LogP contribution is 2.18. The van der Waals surface area contributed by atoms with E-state index in [1.54, 1.807) is 0 Å². The summed E-state index contributed by atoms with van der Waals surface area (Å²) in [6, 6.07) is 0.333. The van der Waals surface area contributed by atoms with E-state index in [-0.39, 0.29) is 5.92 Å². The van der Waals surface area contributed by atoms with Crippen LogP contribution >= 0.6 is 0 Å². The Bertz CT molecular complexity index is 196. The third kappa shape index (κ3) is 2.96. The van der Waals surface area contributed by atoms with Crippen LogP contribution in [0.1, 0.15) is 20.3 Å². The molecule has 0 aromatic heterocycles. The van der Waals surface area contributed by atoms with Crippen LogP contribution in [-0.2, 0) is 9.53 Å². The number of hydrogen-bond acceptors (Lipinski definition) is 3. The van der Waals surface area contributed by atoms with Gasteiger partial charge in [-0.2, -0.15) is 0 Å². The number of carbonyl (C=O) groups is 1. The molecule has 14 heavy (non-hydrogen) atoms. The number of hydrogen-bond donors (Lipinski definition) is 1. The number of aliphatic carboxylic acids is 1. The first-order chi connectivity index (χ1) is 6.65. The fraction of sp³-hybridized carbons (Fsp3) is 0.900. The van der Waals surface area contributed by atoms with Crippen LogP contribution in [0.5, 0.6) is 0 Å². The number of carboxylic acids is 1. The lowest BCUT2D eigenvalue weighted by atomic mass is 10.1. The van der Waals surface area contributed by atoms with Gasteiger partial charge in [0.1, 0.15) is 0 Å². The number of carboxylic acid groups (broad SMARTS) is 1. The Morgan fingerprint density at radius 2 is 2.43 bits per heavy atom. The molecule has 0 amide bonds. The van der Waals surface area contributed by atoms with Crippen LogP contribution in [0.25, 0.3) is 0 Å². The molecule has 1 aliphatic rings. The molecule has 4 heteroatoms. The third-order valence-electron chi connectivity index (χ3n) is 2.76. The van der Waals surface area contributed by atoms with E-state index in [1.807, 2.05) is 6.92 Å². The molecule has 82 valence electrons. The van der Waals surface area contributed by atoms with E-state index in [4.69, 9.17) is 9.84 Å². The molecule has 2 unspecified atom stereocenters. The van der Waals surface area contributed by atoms with Crippen molar-refractivity contribution in [3.8, 4) is 0 Å². The number of ether oxygens (including phenoxy) is 1. The van der Waals surface area contributed by atoms with E-state index in [0.29, 0.717) is 19.2 Å². The van der Waals surface area contributed by atoms with Crippen LogP contribution in [0.15, 0.2) is 0 Å². The zero-order chi connectivity index (χ0) is 10.6. The van der Waals surface area contributed by atoms with E-state index in [2.05, 4.69) is 11.8 Å². The standard InChI is InChI=1S/C10H19NO3/c1-3-14-7-8(2)11-5-4-9(6-11)10(12)13/h8-9H,3-7H2,1-2H3,(H,12,13). The molecule has 0 aromatic carbocycles. The molecule has 0 radical (unpaired) electrons. The van der Waals surface area contributed by atoms with E-state index in [9.17, 15) is 4.79 Å². The third-order valence-corrected chi connectivity index (χ3v) is 2.76. The van der Waals surface area contributed by atoms with Gasteiger partial charge in [-0.25, -0.2) is 0 Å². The summed E-state index contributed by atoms with van der Waals surface area (Å²) in [5.74, 6) is -0.852. The van der Waals surface area contributed by atoms with Gasteiger partial charge in [0, 0.05) is 19.2 Å². The average Bonchev–Trinajstić information content (AvgIpc) is 2.62. The Kier molecular flexibility index (Phi) is 4.35. The van der Waals surface area contributed by atoms with Crippen molar-refractivity contribution in [1.82, 2.24) is 4.90 Å². The maximum absolute atomic E-state index is 10.7. The van der Waals surface area contributed by atoms with Crippen LogP contribution in [0.3, 0.4) is 0 Å². The first-order valence-corrected chi connectivity index (χ1v) is 5.19. The molecule has 2 atom stereocenters. The molecular formula is C10H19NO3. The minimum atomic E-state index is -0.670. The van der Waals surface area contributed by atoms with Gasteiger partial charge in [0.2, 0.25) is 0 Å². The van der Waals surface area contributed by atoms with Gasteiger partial charge in [-0.15, -0.1) is 0 Å². The maximum atomic E-state index is 10.7. The Labute approximate surface area is 84.8 Å². The van der Waals surface area contributed by atoms with Crippen molar-refractivity contribution in [3.63, 3.8) is 0 Å². The summed E-state index contributed by atoms with van der Waals surface area (Å²) in [7, 11) is 0. The molecule has 1 saturated heterocycles. The van der Waals surface area contributed by atoms with Gasteiger partial charge < -0.3 is 9.84 Å². The van der Waals surface area contributed by atoms with Crippen molar-refractivity contribution >= 4 is 5.97 Å². The monoisotopic (exact) mass is 201 g/mol. The topological polar surface area (TPSA) is 49.8 Å². The highest BCUT2D eigenvalue weighted by atomic mass is 16.5. The Morgan fingerprint density at radius 1 is 1.71 bits per heavy atom. The van der Waals surface area contributed by atoms with Crippen LogP contribution < -0.4 is 0 Å². The summed E-state index contributed by atoms with van der Waals surface area (Å²) in [5, 5.41) is 8.83. The summed E-state index contributed by atoms with van der Waals surface area (Å²) in [6.07, 6.45) is 0.770. The van der Waals surface area contributed by atoms with E-state index >= 15 is 0 Å². The molecule has 0 spiro atoms. The molecule has 4 nitrogen and oxygen atoms in total. The lowest BCUT2D eigenvalue weighted by molar-refractivity contribution is -0.141. The molecule has 0 saturated carbocycles. The van der Waals surface area contributed by atoms with Crippen molar-refractivity contribution in [1.29, 1.82) is 0 Å². The van der Waals surface area contributed by atoms with Gasteiger partial charge in [0.15, 0.2) is 0 Å². The lowest BCUT2D eigenvalue weighted by Crippen LogP contribution is -2.35. The second kappa shape index (κ2) is 5.32. The predicted molar refractivity (Wildman–Crippen MR) is 53.3 cm³/mol. The van der Waals surface area contributed by atoms with E-state index in [1.165, 1.54) is 0 Å². The van der Waals surface area contributed by atoms with Crippen molar-refractivity contribution < 1.29 is 14.6 Å². The second-order valence-electron chi connectivity index (χ2n) is 3.83. The number of likely N-dealkylation sites (tertiary alicyclic amines) is 1. The molecule has 0 aromatic rings. The van der Waals surface area contributed by atoms with Crippen molar-refractivity contribution in [2.24, 2.45) is 5.92 Å². The highest BCUT2D eigenvalue weighted by molar-refractivity contribution is 5.70. The first-order valence-electron chi connectivity index (χ1n) is 5.19. The van der Waals surface area contributed by atoms with E-state index in [0.717, 1.165) is 19.6 Å². The van der Waals surface area contributed by atoms with Crippen molar-refractivity contribution in [2.45, 2.75) is 26.3 Å². The van der Waals surface area contributed by atoms with Gasteiger partial charge in [-0.3, -0.25) is 9.69 Å². The zero-order valence-electron chi connectivity index (χ0n) is 8.90. The highest BCUT2D eigenvalue weighted by Gasteiger charge is 2.30. The summed E-state index contributed by atoms with van der Waals surface area (Å²) in [4.78, 5) is 12.9. The average molecular weight is 201 g/mol. The number of rotatable bonds is 5. The van der Waals surface area contributed by atoms with Crippen molar-refractivity contribution in [2.75, 3.05) is 26.3 Å².